The van der Waals surface area contributed by atoms with Crippen LogP contribution in [-0.2, 0) is 11.0 Å². The molecule has 2 N–H and O–H groups in total. The molecular formula is C31H29F3N4O2S. The summed E-state index contributed by atoms with van der Waals surface area (Å²) in [5.74, 6) is 0.210. The second-order valence-electron chi connectivity index (χ2n) is 10.1. The van der Waals surface area contributed by atoms with Crippen molar-refractivity contribution in [3.63, 3.8) is 0 Å². The number of nitrogens with zero attached hydrogens (tertiary/aromatic N) is 2. The van der Waals surface area contributed by atoms with Crippen LogP contribution in [0.1, 0.15) is 52.0 Å². The Balaban J connectivity index is 1.40. The molecule has 2 amide bonds. The van der Waals surface area contributed by atoms with E-state index in [-0.39, 0.29) is 17.5 Å². The van der Waals surface area contributed by atoms with E-state index in [1.54, 1.807) is 23.9 Å². The van der Waals surface area contributed by atoms with Crippen LogP contribution >= 0.6 is 11.8 Å². The van der Waals surface area contributed by atoms with E-state index in [2.05, 4.69) is 15.5 Å². The van der Waals surface area contributed by atoms with Gasteiger partial charge in [0.15, 0.2) is 5.17 Å². The molecule has 0 aliphatic carbocycles. The molecule has 0 saturated carbocycles. The van der Waals surface area contributed by atoms with Crippen molar-refractivity contribution >= 4 is 40.1 Å². The smallest absolute Gasteiger partial charge is 0.340 e. The Hall–Kier alpha value is -4.05. The molecule has 2 heterocycles. The second kappa shape index (κ2) is 11.4. The molecule has 6 nitrogen and oxygen atoms in total. The summed E-state index contributed by atoms with van der Waals surface area (Å²) >= 11 is 1.67. The quantitative estimate of drug-likeness (QED) is 0.332. The fraction of sp³-hybridized carbons (Fsp3) is 0.258. The first kappa shape index (κ1) is 28.5. The Kier molecular flexibility index (Phi) is 7.95. The van der Waals surface area contributed by atoms with E-state index < -0.39 is 17.6 Å². The zero-order valence-electron chi connectivity index (χ0n) is 22.8. The first-order chi connectivity index (χ1) is 19.5. The Morgan fingerprint density at radius 3 is 2.29 bits per heavy atom. The van der Waals surface area contributed by atoms with Crippen molar-refractivity contribution in [2.45, 2.75) is 39.4 Å². The highest BCUT2D eigenvalue weighted by molar-refractivity contribution is 8.13. The minimum absolute atomic E-state index is 0.115. The number of allylic oxidation sites excluding steroid dienone is 1. The number of rotatable bonds is 5. The number of amides is 2. The van der Waals surface area contributed by atoms with Crippen LogP contribution in [0.2, 0.25) is 0 Å². The van der Waals surface area contributed by atoms with Crippen molar-refractivity contribution in [1.82, 2.24) is 4.90 Å². The maximum Gasteiger partial charge on any atom is 0.416 e. The van der Waals surface area contributed by atoms with Gasteiger partial charge in [-0.25, -0.2) is 4.99 Å². The molecule has 0 bridgehead atoms. The molecule has 1 saturated heterocycles. The summed E-state index contributed by atoms with van der Waals surface area (Å²) in [6.45, 7) is 6.55. The topological polar surface area (TPSA) is 73.8 Å². The van der Waals surface area contributed by atoms with Crippen molar-refractivity contribution in [2.75, 3.05) is 22.9 Å². The number of alkyl halides is 3. The number of halogens is 3. The first-order valence-corrected chi connectivity index (χ1v) is 14.2. The summed E-state index contributed by atoms with van der Waals surface area (Å²) in [7, 11) is 0. The summed E-state index contributed by atoms with van der Waals surface area (Å²) in [4.78, 5) is 33.3. The predicted molar refractivity (Wildman–Crippen MR) is 157 cm³/mol. The highest BCUT2D eigenvalue weighted by Gasteiger charge is 2.37. The van der Waals surface area contributed by atoms with Crippen LogP contribution in [0.3, 0.4) is 0 Å². The molecule has 3 aromatic rings. The Bertz CT molecular complexity index is 1550. The number of fused-ring (bicyclic) bond motifs is 1. The van der Waals surface area contributed by atoms with Gasteiger partial charge in [0.05, 0.1) is 22.9 Å². The van der Waals surface area contributed by atoms with Crippen molar-refractivity contribution in [1.29, 1.82) is 0 Å². The summed E-state index contributed by atoms with van der Waals surface area (Å²) < 4.78 is 38.6. The lowest BCUT2D eigenvalue weighted by molar-refractivity contribution is -0.137. The van der Waals surface area contributed by atoms with Gasteiger partial charge in [0.2, 0.25) is 0 Å². The summed E-state index contributed by atoms with van der Waals surface area (Å²) in [5, 5.41) is 6.69. The largest absolute Gasteiger partial charge is 0.416 e. The average molecular weight is 579 g/mol. The van der Waals surface area contributed by atoms with Gasteiger partial charge in [-0.2, -0.15) is 13.2 Å². The SMILES string of the molecule is CC1=C(C(=O)Nc2ccc(C)cc2C)C(c2ccc(NC(=O)c3ccc(C(F)(F)F)cc3)cc2)N2CCCSC2=N1. The maximum absolute atomic E-state index is 13.7. The third-order valence-electron chi connectivity index (χ3n) is 7.09. The zero-order valence-corrected chi connectivity index (χ0v) is 23.6. The molecule has 212 valence electrons. The number of carbonyl (C=O) groups excluding carboxylic acids is 2. The fourth-order valence-electron chi connectivity index (χ4n) is 5.01. The molecule has 0 aromatic heterocycles. The number of thioether (sulfide) groups is 1. The van der Waals surface area contributed by atoms with Crippen molar-refractivity contribution < 1.29 is 22.8 Å². The molecule has 1 atom stereocenters. The van der Waals surface area contributed by atoms with Gasteiger partial charge in [-0.05, 0) is 80.8 Å². The number of nitrogens with one attached hydrogen (secondary N) is 2. The molecule has 1 fully saturated rings. The van der Waals surface area contributed by atoms with Gasteiger partial charge in [-0.1, -0.05) is 41.6 Å². The van der Waals surface area contributed by atoms with Crippen molar-refractivity contribution in [3.8, 4) is 0 Å². The number of aryl methyl sites for hydroxylation is 2. The molecule has 41 heavy (non-hydrogen) atoms. The Morgan fingerprint density at radius 1 is 0.927 bits per heavy atom. The second-order valence-corrected chi connectivity index (χ2v) is 11.2. The minimum atomic E-state index is -4.47. The van der Waals surface area contributed by atoms with E-state index >= 15 is 0 Å². The van der Waals surface area contributed by atoms with Gasteiger partial charge >= 0.3 is 6.18 Å². The number of aliphatic imine (C=N–C) groups is 1. The monoisotopic (exact) mass is 578 g/mol. The standard InChI is InChI=1S/C31H29F3N4O2S/c1-18-5-14-25(19(2)17-18)37-29(40)26-20(3)35-30-38(15-4-16-41-30)27(26)21-8-12-24(13-9-21)36-28(39)22-6-10-23(11-7-22)31(32,33)34/h5-14,17,27H,4,15-16H2,1-3H3,(H,36,39)(H,37,40). The van der Waals surface area contributed by atoms with Gasteiger partial charge in [-0.3, -0.25) is 9.59 Å². The average Bonchev–Trinajstić information content (AvgIpc) is 2.94. The summed E-state index contributed by atoms with van der Waals surface area (Å²) in [6.07, 6.45) is -3.52. The highest BCUT2D eigenvalue weighted by atomic mass is 32.2. The van der Waals surface area contributed by atoms with E-state index in [4.69, 9.17) is 4.99 Å². The van der Waals surface area contributed by atoms with Crippen molar-refractivity contribution in [3.05, 3.63) is 106 Å². The maximum atomic E-state index is 13.7. The van der Waals surface area contributed by atoms with Gasteiger partial charge in [0.1, 0.15) is 0 Å². The van der Waals surface area contributed by atoms with E-state index in [0.29, 0.717) is 17.0 Å². The molecule has 2 aliphatic rings. The zero-order chi connectivity index (χ0) is 29.3. The van der Waals surface area contributed by atoms with Crippen LogP contribution in [0.4, 0.5) is 24.5 Å². The van der Waals surface area contributed by atoms with Gasteiger partial charge in [-0.15, -0.1) is 0 Å². The molecule has 10 heteroatoms. The van der Waals surface area contributed by atoms with Gasteiger partial charge < -0.3 is 15.5 Å². The number of benzene rings is 3. The first-order valence-electron chi connectivity index (χ1n) is 13.2. The third kappa shape index (κ3) is 6.17. The van der Waals surface area contributed by atoms with Crippen LogP contribution in [0.15, 0.2) is 83.0 Å². The number of hydrogen-bond acceptors (Lipinski definition) is 5. The van der Waals surface area contributed by atoms with E-state index in [9.17, 15) is 22.8 Å². The van der Waals surface area contributed by atoms with Gasteiger partial charge in [0.25, 0.3) is 11.8 Å². The molecule has 1 unspecified atom stereocenters. The fourth-order valence-corrected chi connectivity index (χ4v) is 6.03. The van der Waals surface area contributed by atoms with Crippen LogP contribution in [0, 0.1) is 13.8 Å². The number of anilines is 2. The van der Waals surface area contributed by atoms with Crippen LogP contribution in [-0.4, -0.2) is 34.2 Å². The number of amidine groups is 1. The Morgan fingerprint density at radius 2 is 1.63 bits per heavy atom. The molecule has 2 aliphatic heterocycles. The lowest BCUT2D eigenvalue weighted by atomic mass is 9.93. The molecule has 3 aromatic carbocycles. The van der Waals surface area contributed by atoms with Crippen LogP contribution < -0.4 is 10.6 Å². The predicted octanol–water partition coefficient (Wildman–Crippen LogP) is 7.34. The summed E-state index contributed by atoms with van der Waals surface area (Å²) in [5.41, 5.74) is 4.66. The molecule has 5 rings (SSSR count). The van der Waals surface area contributed by atoms with E-state index in [0.717, 1.165) is 70.5 Å². The van der Waals surface area contributed by atoms with E-state index in [1.807, 2.05) is 51.1 Å². The number of carbonyl (C=O) groups is 2. The normalized spacial score (nSPS) is 17.1. The molecular weight excluding hydrogens is 549 g/mol. The molecule has 0 radical (unpaired) electrons. The lowest BCUT2D eigenvalue weighted by Crippen LogP contribution is -2.43. The minimum Gasteiger partial charge on any atom is -0.340 e. The summed E-state index contributed by atoms with van der Waals surface area (Å²) in [6, 6.07) is 16.7. The van der Waals surface area contributed by atoms with Crippen LogP contribution in [0.25, 0.3) is 0 Å². The van der Waals surface area contributed by atoms with E-state index in [1.165, 1.54) is 0 Å². The third-order valence-corrected chi connectivity index (χ3v) is 8.17. The Labute approximate surface area is 240 Å². The highest BCUT2D eigenvalue weighted by Crippen LogP contribution is 2.40. The van der Waals surface area contributed by atoms with Crippen LogP contribution in [0.5, 0.6) is 0 Å². The van der Waals surface area contributed by atoms with Crippen molar-refractivity contribution in [2.24, 2.45) is 4.99 Å². The molecule has 0 spiro atoms. The number of hydrogen-bond donors (Lipinski definition) is 2. The van der Waals surface area contributed by atoms with Gasteiger partial charge in [0, 0.05) is 29.2 Å². The lowest BCUT2D eigenvalue weighted by Gasteiger charge is -2.41.